The quantitative estimate of drug-likeness (QED) is 0.286. The lowest BCUT2D eigenvalue weighted by Gasteiger charge is -2.28. The lowest BCUT2D eigenvalue weighted by molar-refractivity contribution is 0.565. The maximum Gasteiger partial charge on any atom is 0.174 e. The first-order valence-corrected chi connectivity index (χ1v) is 12.6. The highest BCUT2D eigenvalue weighted by atomic mass is 79.9. The van der Waals surface area contributed by atoms with E-state index in [1.165, 1.54) is 33.8 Å². The number of nitrogens with zero attached hydrogens (tertiary/aromatic N) is 3. The van der Waals surface area contributed by atoms with E-state index in [0.717, 1.165) is 15.9 Å². The molecule has 3 heterocycles. The van der Waals surface area contributed by atoms with Crippen molar-refractivity contribution in [1.29, 1.82) is 0 Å². The highest BCUT2D eigenvalue weighted by Gasteiger charge is 2.42. The average Bonchev–Trinajstić information content (AvgIpc) is 3.32. The minimum Gasteiger partial charge on any atom is -0.351 e. The zero-order chi connectivity index (χ0) is 24.0. The highest BCUT2D eigenvalue weighted by Crippen LogP contribution is 2.44. The second-order valence-corrected chi connectivity index (χ2v) is 10.2. The van der Waals surface area contributed by atoms with E-state index < -0.39 is 0 Å². The van der Waals surface area contributed by atoms with Crippen LogP contribution in [0.4, 0.5) is 5.69 Å². The maximum atomic E-state index is 5.89. The SMILES string of the molecule is Cc1cccc(-n2c(C)cc([C@H]3[C@H](c4ccccn4)NC(=S)N3c3ccc(Br)cc3)c2C)c1C. The molecule has 0 bridgehead atoms. The summed E-state index contributed by atoms with van der Waals surface area (Å²) in [7, 11) is 0. The van der Waals surface area contributed by atoms with Crippen LogP contribution in [0.1, 0.15) is 45.9 Å². The van der Waals surface area contributed by atoms with Gasteiger partial charge in [-0.1, -0.05) is 34.1 Å². The van der Waals surface area contributed by atoms with E-state index in [4.69, 9.17) is 17.2 Å². The van der Waals surface area contributed by atoms with Gasteiger partial charge in [0.25, 0.3) is 0 Å². The summed E-state index contributed by atoms with van der Waals surface area (Å²) in [5, 5.41) is 4.28. The van der Waals surface area contributed by atoms with Crippen LogP contribution in [-0.2, 0) is 0 Å². The Hall–Kier alpha value is -2.96. The Labute approximate surface area is 214 Å². The van der Waals surface area contributed by atoms with Crippen LogP contribution in [0.5, 0.6) is 0 Å². The van der Waals surface area contributed by atoms with Crippen molar-refractivity contribution in [3.05, 3.63) is 111 Å². The Balaban J connectivity index is 1.70. The van der Waals surface area contributed by atoms with E-state index in [2.05, 4.69) is 113 Å². The lowest BCUT2D eigenvalue weighted by atomic mass is 9.96. The molecule has 0 aliphatic carbocycles. The summed E-state index contributed by atoms with van der Waals surface area (Å²) >= 11 is 9.45. The summed E-state index contributed by atoms with van der Waals surface area (Å²) in [6.45, 7) is 8.75. The van der Waals surface area contributed by atoms with Crippen molar-refractivity contribution in [3.63, 3.8) is 0 Å². The van der Waals surface area contributed by atoms with E-state index in [0.29, 0.717) is 5.11 Å². The third kappa shape index (κ3) is 3.85. The number of hydrogen-bond donors (Lipinski definition) is 1. The van der Waals surface area contributed by atoms with Gasteiger partial charge in [-0.15, -0.1) is 0 Å². The average molecular weight is 532 g/mol. The van der Waals surface area contributed by atoms with Gasteiger partial charge in [0.1, 0.15) is 0 Å². The Kier molecular flexibility index (Phi) is 6.04. The highest BCUT2D eigenvalue weighted by molar-refractivity contribution is 9.10. The van der Waals surface area contributed by atoms with Gasteiger partial charge in [-0.25, -0.2) is 0 Å². The molecule has 1 fully saturated rings. The predicted octanol–water partition coefficient (Wildman–Crippen LogP) is 7.05. The van der Waals surface area contributed by atoms with Gasteiger partial charge in [-0.05, 0) is 105 Å². The van der Waals surface area contributed by atoms with Crippen molar-refractivity contribution in [1.82, 2.24) is 14.9 Å². The molecule has 5 rings (SSSR count). The topological polar surface area (TPSA) is 33.1 Å². The van der Waals surface area contributed by atoms with Crippen LogP contribution in [0.15, 0.2) is 77.4 Å². The molecule has 34 heavy (non-hydrogen) atoms. The van der Waals surface area contributed by atoms with Crippen LogP contribution in [0.25, 0.3) is 5.69 Å². The van der Waals surface area contributed by atoms with Crippen molar-refractivity contribution in [2.75, 3.05) is 4.90 Å². The summed E-state index contributed by atoms with van der Waals surface area (Å²) in [5.74, 6) is 0. The molecule has 0 spiro atoms. The third-order valence-electron chi connectivity index (χ3n) is 6.81. The first-order chi connectivity index (χ1) is 16.4. The molecule has 4 nitrogen and oxygen atoms in total. The summed E-state index contributed by atoms with van der Waals surface area (Å²) in [6, 6.07) is 23.1. The van der Waals surface area contributed by atoms with Crippen LogP contribution in [-0.4, -0.2) is 14.7 Å². The number of rotatable bonds is 4. The molecule has 1 N–H and O–H groups in total. The fourth-order valence-corrected chi connectivity index (χ4v) is 5.60. The summed E-state index contributed by atoms with van der Waals surface area (Å²) in [6.07, 6.45) is 1.85. The van der Waals surface area contributed by atoms with Crippen molar-refractivity contribution in [2.45, 2.75) is 39.8 Å². The Morgan fingerprint density at radius 3 is 2.41 bits per heavy atom. The number of aromatic nitrogens is 2. The van der Waals surface area contributed by atoms with Crippen LogP contribution in [0, 0.1) is 27.7 Å². The number of aryl methyl sites for hydroxylation is 2. The second kappa shape index (κ2) is 9.01. The van der Waals surface area contributed by atoms with Crippen LogP contribution in [0.3, 0.4) is 0 Å². The van der Waals surface area contributed by atoms with Crippen LogP contribution >= 0.6 is 28.1 Å². The first kappa shape index (κ1) is 22.8. The summed E-state index contributed by atoms with van der Waals surface area (Å²) in [4.78, 5) is 6.93. The maximum absolute atomic E-state index is 5.89. The predicted molar refractivity (Wildman–Crippen MR) is 147 cm³/mol. The fourth-order valence-electron chi connectivity index (χ4n) is 4.99. The largest absolute Gasteiger partial charge is 0.351 e. The molecule has 0 amide bonds. The summed E-state index contributed by atoms with van der Waals surface area (Å²) < 4.78 is 3.41. The number of hydrogen-bond acceptors (Lipinski definition) is 2. The van der Waals surface area contributed by atoms with Crippen molar-refractivity contribution < 1.29 is 0 Å². The summed E-state index contributed by atoms with van der Waals surface area (Å²) in [5.41, 5.74) is 9.50. The van der Waals surface area contributed by atoms with Crippen LogP contribution in [0.2, 0.25) is 0 Å². The van der Waals surface area contributed by atoms with Gasteiger partial charge in [0.2, 0.25) is 0 Å². The zero-order valence-electron chi connectivity index (χ0n) is 19.7. The molecule has 172 valence electrons. The smallest absolute Gasteiger partial charge is 0.174 e. The van der Waals surface area contributed by atoms with Crippen molar-refractivity contribution in [3.8, 4) is 5.69 Å². The van der Waals surface area contributed by atoms with Gasteiger partial charge in [0.05, 0.1) is 17.8 Å². The van der Waals surface area contributed by atoms with E-state index in [9.17, 15) is 0 Å². The molecule has 1 aliphatic heterocycles. The first-order valence-electron chi connectivity index (χ1n) is 11.4. The van der Waals surface area contributed by atoms with Crippen LogP contribution < -0.4 is 10.2 Å². The van der Waals surface area contributed by atoms with E-state index in [1.54, 1.807) is 0 Å². The molecule has 0 radical (unpaired) electrons. The van der Waals surface area contributed by atoms with Gasteiger partial charge in [0.15, 0.2) is 5.11 Å². The Bertz CT molecular complexity index is 1360. The number of nitrogens with one attached hydrogen (secondary N) is 1. The molecule has 2 atom stereocenters. The second-order valence-electron chi connectivity index (χ2n) is 8.85. The minimum atomic E-state index is -0.0649. The molecule has 0 unspecified atom stereocenters. The van der Waals surface area contributed by atoms with Crippen molar-refractivity contribution >= 4 is 38.9 Å². The Morgan fingerprint density at radius 2 is 1.71 bits per heavy atom. The number of halogens is 1. The monoisotopic (exact) mass is 530 g/mol. The normalized spacial score (nSPS) is 17.8. The van der Waals surface area contributed by atoms with Crippen molar-refractivity contribution in [2.24, 2.45) is 0 Å². The Morgan fingerprint density at radius 1 is 0.941 bits per heavy atom. The molecule has 4 aromatic rings. The third-order valence-corrected chi connectivity index (χ3v) is 7.65. The minimum absolute atomic E-state index is 0.0337. The van der Waals surface area contributed by atoms with Gasteiger partial charge < -0.3 is 14.8 Å². The van der Waals surface area contributed by atoms with Gasteiger partial charge in [-0.3, -0.25) is 4.98 Å². The van der Waals surface area contributed by atoms with E-state index in [-0.39, 0.29) is 12.1 Å². The molecule has 2 aromatic carbocycles. The molecule has 2 aromatic heterocycles. The van der Waals surface area contributed by atoms with Gasteiger partial charge >= 0.3 is 0 Å². The zero-order valence-corrected chi connectivity index (χ0v) is 22.1. The molecule has 1 saturated heterocycles. The van der Waals surface area contributed by atoms with E-state index in [1.807, 2.05) is 18.3 Å². The lowest BCUT2D eigenvalue weighted by Crippen LogP contribution is -2.29. The van der Waals surface area contributed by atoms with Gasteiger partial charge in [0, 0.05) is 33.4 Å². The number of pyridine rings is 1. The number of thiocarbonyl (C=S) groups is 1. The molecule has 0 saturated carbocycles. The fraction of sp³-hybridized carbons (Fsp3) is 0.214. The number of benzene rings is 2. The molecular formula is C28H27BrN4S. The molecule has 6 heteroatoms. The molecule has 1 aliphatic rings. The van der Waals surface area contributed by atoms with E-state index >= 15 is 0 Å². The molecular weight excluding hydrogens is 504 g/mol. The van der Waals surface area contributed by atoms with Gasteiger partial charge in [-0.2, -0.15) is 0 Å². The number of anilines is 1. The standard InChI is InChI=1S/C28H27BrN4S/c1-17-8-7-10-25(19(17)3)32-18(2)16-23(20(32)4)27-26(24-9-5-6-15-30-24)31-28(34)33(27)22-13-11-21(29)12-14-22/h5-16,26-27H,1-4H3,(H,31,34)/t26-,27-/m0/s1.